The lowest BCUT2D eigenvalue weighted by atomic mass is 10.4. The molecule has 1 aromatic heterocycles. The fourth-order valence-electron chi connectivity index (χ4n) is 1.91. The highest BCUT2D eigenvalue weighted by Gasteiger charge is 2.27. The molecule has 0 spiro atoms. The minimum Gasteiger partial charge on any atom is -0.475 e. The van der Waals surface area contributed by atoms with Gasteiger partial charge < -0.3 is 14.8 Å². The first-order valence-corrected chi connectivity index (χ1v) is 6.01. The van der Waals surface area contributed by atoms with Crippen LogP contribution in [0.3, 0.4) is 0 Å². The SMILES string of the molecule is CCN(CCNc1ccc(C(=O)O)o1)C1CC1. The van der Waals surface area contributed by atoms with Crippen molar-refractivity contribution in [3.8, 4) is 0 Å². The Kier molecular flexibility index (Phi) is 3.68. The molecule has 0 atom stereocenters. The number of furan rings is 1. The minimum absolute atomic E-state index is 0.0259. The Morgan fingerprint density at radius 1 is 1.59 bits per heavy atom. The van der Waals surface area contributed by atoms with Crippen LogP contribution in [0.1, 0.15) is 30.3 Å². The van der Waals surface area contributed by atoms with E-state index < -0.39 is 5.97 Å². The second-order valence-corrected chi connectivity index (χ2v) is 4.26. The van der Waals surface area contributed by atoms with Crippen molar-refractivity contribution >= 4 is 11.9 Å². The van der Waals surface area contributed by atoms with Crippen LogP contribution in [0.15, 0.2) is 16.5 Å². The first-order chi connectivity index (χ1) is 8.20. The van der Waals surface area contributed by atoms with Crippen LogP contribution in [0.2, 0.25) is 0 Å². The number of carbonyl (C=O) groups is 1. The summed E-state index contributed by atoms with van der Waals surface area (Å²) in [7, 11) is 0. The maximum absolute atomic E-state index is 10.6. The Labute approximate surface area is 100 Å². The Hall–Kier alpha value is -1.49. The van der Waals surface area contributed by atoms with Crippen LogP contribution >= 0.6 is 0 Å². The van der Waals surface area contributed by atoms with E-state index in [1.807, 2.05) is 0 Å². The number of rotatable bonds is 7. The molecule has 0 amide bonds. The van der Waals surface area contributed by atoms with Gasteiger partial charge in [-0.15, -0.1) is 0 Å². The highest BCUT2D eigenvalue weighted by Crippen LogP contribution is 2.26. The fourth-order valence-corrected chi connectivity index (χ4v) is 1.91. The molecule has 0 aromatic carbocycles. The zero-order chi connectivity index (χ0) is 12.3. The van der Waals surface area contributed by atoms with Gasteiger partial charge in [0.05, 0.1) is 0 Å². The number of carboxylic acid groups (broad SMARTS) is 1. The van der Waals surface area contributed by atoms with Gasteiger partial charge in [-0.05, 0) is 25.5 Å². The van der Waals surface area contributed by atoms with Gasteiger partial charge in [-0.25, -0.2) is 4.79 Å². The maximum atomic E-state index is 10.6. The first-order valence-electron chi connectivity index (χ1n) is 6.01. The van der Waals surface area contributed by atoms with E-state index >= 15 is 0 Å². The van der Waals surface area contributed by atoms with Crippen LogP contribution in [-0.4, -0.2) is 41.7 Å². The molecule has 1 heterocycles. The predicted octanol–water partition coefficient (Wildman–Crippen LogP) is 1.87. The zero-order valence-corrected chi connectivity index (χ0v) is 9.98. The van der Waals surface area contributed by atoms with E-state index in [1.54, 1.807) is 6.07 Å². The smallest absolute Gasteiger partial charge is 0.371 e. The van der Waals surface area contributed by atoms with Crippen LogP contribution in [0.4, 0.5) is 5.88 Å². The lowest BCUT2D eigenvalue weighted by molar-refractivity contribution is 0.0663. The molecule has 1 aliphatic carbocycles. The molecule has 0 unspecified atom stereocenters. The van der Waals surface area contributed by atoms with E-state index in [2.05, 4.69) is 17.1 Å². The second kappa shape index (κ2) is 5.23. The molecule has 0 bridgehead atoms. The molecule has 1 saturated carbocycles. The van der Waals surface area contributed by atoms with Crippen LogP contribution in [0, 0.1) is 0 Å². The zero-order valence-electron chi connectivity index (χ0n) is 9.98. The quantitative estimate of drug-likeness (QED) is 0.759. The number of carboxylic acids is 1. The van der Waals surface area contributed by atoms with Gasteiger partial charge in [0.1, 0.15) is 0 Å². The van der Waals surface area contributed by atoms with E-state index in [0.717, 1.165) is 25.7 Å². The number of likely N-dealkylation sites (N-methyl/N-ethyl adjacent to an activating group) is 1. The summed E-state index contributed by atoms with van der Waals surface area (Å²) in [6, 6.07) is 3.87. The van der Waals surface area contributed by atoms with Crippen molar-refractivity contribution in [3.63, 3.8) is 0 Å². The van der Waals surface area contributed by atoms with Gasteiger partial charge in [0, 0.05) is 25.2 Å². The Morgan fingerprint density at radius 2 is 2.35 bits per heavy atom. The predicted molar refractivity (Wildman–Crippen MR) is 64.4 cm³/mol. The summed E-state index contributed by atoms with van der Waals surface area (Å²) in [5.41, 5.74) is 0. The van der Waals surface area contributed by atoms with E-state index in [1.165, 1.54) is 18.9 Å². The Balaban J connectivity index is 1.75. The van der Waals surface area contributed by atoms with Gasteiger partial charge in [-0.3, -0.25) is 4.90 Å². The summed E-state index contributed by atoms with van der Waals surface area (Å²) >= 11 is 0. The number of anilines is 1. The molecular formula is C12H18N2O3. The molecule has 94 valence electrons. The van der Waals surface area contributed by atoms with Crippen LogP contribution < -0.4 is 5.32 Å². The van der Waals surface area contributed by atoms with Crippen LogP contribution in [-0.2, 0) is 0 Å². The van der Waals surface area contributed by atoms with Gasteiger partial charge in [-0.1, -0.05) is 6.92 Å². The summed E-state index contributed by atoms with van der Waals surface area (Å²) in [5, 5.41) is 11.8. The number of nitrogens with zero attached hydrogens (tertiary/aromatic N) is 1. The molecule has 2 N–H and O–H groups in total. The third-order valence-electron chi connectivity index (χ3n) is 2.98. The van der Waals surface area contributed by atoms with E-state index in [0.29, 0.717) is 5.88 Å². The standard InChI is InChI=1S/C12H18N2O3/c1-2-14(9-3-4-9)8-7-13-11-6-5-10(17-11)12(15)16/h5-6,9,13H,2-4,7-8H2,1H3,(H,15,16). The number of aromatic carboxylic acids is 1. The molecule has 1 aromatic rings. The molecule has 0 aliphatic heterocycles. The molecule has 0 saturated heterocycles. The Morgan fingerprint density at radius 3 is 2.88 bits per heavy atom. The molecule has 5 heteroatoms. The van der Waals surface area contributed by atoms with Crippen molar-refractivity contribution in [1.82, 2.24) is 4.90 Å². The number of hydrogen-bond acceptors (Lipinski definition) is 4. The van der Waals surface area contributed by atoms with E-state index in [9.17, 15) is 4.79 Å². The van der Waals surface area contributed by atoms with Crippen molar-refractivity contribution < 1.29 is 14.3 Å². The summed E-state index contributed by atoms with van der Waals surface area (Å²) in [5.74, 6) is -0.539. The average molecular weight is 238 g/mol. The van der Waals surface area contributed by atoms with Crippen molar-refractivity contribution in [2.75, 3.05) is 25.0 Å². The monoisotopic (exact) mass is 238 g/mol. The molecule has 2 rings (SSSR count). The summed E-state index contributed by atoms with van der Waals surface area (Å²) in [6.45, 7) is 4.96. The van der Waals surface area contributed by atoms with Crippen molar-refractivity contribution in [2.45, 2.75) is 25.8 Å². The molecular weight excluding hydrogens is 220 g/mol. The third kappa shape index (κ3) is 3.23. The summed E-state index contributed by atoms with van der Waals surface area (Å²) in [4.78, 5) is 13.0. The number of hydrogen-bond donors (Lipinski definition) is 2. The van der Waals surface area contributed by atoms with Gasteiger partial charge in [0.25, 0.3) is 0 Å². The fraction of sp³-hybridized carbons (Fsp3) is 0.583. The molecule has 1 fully saturated rings. The molecule has 0 radical (unpaired) electrons. The van der Waals surface area contributed by atoms with Crippen LogP contribution in [0.25, 0.3) is 0 Å². The molecule has 1 aliphatic rings. The topological polar surface area (TPSA) is 65.7 Å². The minimum atomic E-state index is -1.04. The first kappa shape index (κ1) is 12.0. The van der Waals surface area contributed by atoms with E-state index in [4.69, 9.17) is 9.52 Å². The summed E-state index contributed by atoms with van der Waals surface area (Å²) in [6.07, 6.45) is 2.61. The van der Waals surface area contributed by atoms with Crippen molar-refractivity contribution in [2.24, 2.45) is 0 Å². The van der Waals surface area contributed by atoms with Crippen molar-refractivity contribution in [3.05, 3.63) is 17.9 Å². The van der Waals surface area contributed by atoms with Crippen LogP contribution in [0.5, 0.6) is 0 Å². The van der Waals surface area contributed by atoms with Gasteiger partial charge in [0.15, 0.2) is 5.88 Å². The maximum Gasteiger partial charge on any atom is 0.371 e. The largest absolute Gasteiger partial charge is 0.475 e. The number of nitrogens with one attached hydrogen (secondary N) is 1. The molecule has 17 heavy (non-hydrogen) atoms. The van der Waals surface area contributed by atoms with Gasteiger partial charge in [-0.2, -0.15) is 0 Å². The van der Waals surface area contributed by atoms with Gasteiger partial charge in [0.2, 0.25) is 5.76 Å². The van der Waals surface area contributed by atoms with Gasteiger partial charge >= 0.3 is 5.97 Å². The van der Waals surface area contributed by atoms with Crippen molar-refractivity contribution in [1.29, 1.82) is 0 Å². The van der Waals surface area contributed by atoms with E-state index in [-0.39, 0.29) is 5.76 Å². The normalized spacial score (nSPS) is 15.2. The highest BCUT2D eigenvalue weighted by atomic mass is 16.4. The third-order valence-corrected chi connectivity index (χ3v) is 2.98. The lowest BCUT2D eigenvalue weighted by Crippen LogP contribution is -2.30. The second-order valence-electron chi connectivity index (χ2n) is 4.26. The highest BCUT2D eigenvalue weighted by molar-refractivity contribution is 5.84. The lowest BCUT2D eigenvalue weighted by Gasteiger charge is -2.19. The average Bonchev–Trinajstić information content (AvgIpc) is 3.03. The molecule has 5 nitrogen and oxygen atoms in total. The summed E-state index contributed by atoms with van der Waals surface area (Å²) < 4.78 is 5.11. The Bertz CT molecular complexity index is 385.